The Morgan fingerprint density at radius 2 is 1.29 bits per heavy atom. The van der Waals surface area contributed by atoms with E-state index in [4.69, 9.17) is 4.74 Å². The van der Waals surface area contributed by atoms with Gasteiger partial charge >= 0.3 is 5.97 Å². The lowest BCUT2D eigenvalue weighted by Gasteiger charge is -2.18. The van der Waals surface area contributed by atoms with E-state index in [1.807, 2.05) is 13.8 Å². The number of carbonyl (C=O) groups is 1. The first-order chi connectivity index (χ1) is 7.82. The fourth-order valence-corrected chi connectivity index (χ4v) is 1.64. The largest absolute Gasteiger partial charge is 0.462 e. The first-order valence-electron chi connectivity index (χ1n) is 7.03. The molecule has 2 nitrogen and oxygen atoms in total. The zero-order chi connectivity index (χ0) is 13.4. The Kier molecular flexibility index (Phi) is 8.28. The van der Waals surface area contributed by atoms with Crippen LogP contribution in [0, 0.1) is 17.8 Å². The van der Waals surface area contributed by atoms with Gasteiger partial charge in [-0.05, 0) is 38.0 Å². The summed E-state index contributed by atoms with van der Waals surface area (Å²) in [6.45, 7) is 12.7. The summed E-state index contributed by atoms with van der Waals surface area (Å²) >= 11 is 0. The highest BCUT2D eigenvalue weighted by molar-refractivity contribution is 5.72. The third-order valence-electron chi connectivity index (χ3n) is 3.05. The van der Waals surface area contributed by atoms with Gasteiger partial charge in [0.1, 0.15) is 0 Å². The fraction of sp³-hybridized carbons (Fsp3) is 0.933. The first-order valence-corrected chi connectivity index (χ1v) is 7.03. The van der Waals surface area contributed by atoms with Crippen molar-refractivity contribution in [2.75, 3.05) is 0 Å². The average molecular weight is 242 g/mol. The third kappa shape index (κ3) is 9.20. The standard InChI is InChI=1S/C15H30O2/c1-11(2)7-9-13(5)15(16)17-14(6)10-8-12(3)4/h11-14H,7-10H2,1-6H3. The zero-order valence-electron chi connectivity index (χ0n) is 12.5. The number of hydrogen-bond donors (Lipinski definition) is 0. The molecule has 0 heterocycles. The lowest BCUT2D eigenvalue weighted by molar-refractivity contribution is -0.153. The van der Waals surface area contributed by atoms with Gasteiger partial charge in [0.15, 0.2) is 0 Å². The molecule has 0 saturated carbocycles. The number of ether oxygens (including phenoxy) is 1. The summed E-state index contributed by atoms with van der Waals surface area (Å²) in [7, 11) is 0. The molecular formula is C15H30O2. The molecule has 2 unspecified atom stereocenters. The minimum atomic E-state index is -0.0260. The molecule has 2 heteroatoms. The SMILES string of the molecule is CC(C)CCC(C)OC(=O)C(C)CCC(C)C. The van der Waals surface area contributed by atoms with Crippen molar-refractivity contribution in [3.05, 3.63) is 0 Å². The highest BCUT2D eigenvalue weighted by atomic mass is 16.5. The van der Waals surface area contributed by atoms with Gasteiger partial charge in [0.05, 0.1) is 12.0 Å². The van der Waals surface area contributed by atoms with E-state index in [0.29, 0.717) is 11.8 Å². The molecule has 0 saturated heterocycles. The second kappa shape index (κ2) is 8.54. The molecule has 0 bridgehead atoms. The molecule has 2 atom stereocenters. The molecule has 102 valence electrons. The number of esters is 1. The van der Waals surface area contributed by atoms with Crippen LogP contribution < -0.4 is 0 Å². The molecule has 0 amide bonds. The molecular weight excluding hydrogens is 212 g/mol. The maximum atomic E-state index is 11.8. The van der Waals surface area contributed by atoms with Crippen molar-refractivity contribution in [2.24, 2.45) is 17.8 Å². The molecule has 0 aliphatic carbocycles. The van der Waals surface area contributed by atoms with E-state index in [0.717, 1.165) is 25.7 Å². The summed E-state index contributed by atoms with van der Waals surface area (Å²) in [5.41, 5.74) is 0. The van der Waals surface area contributed by atoms with E-state index >= 15 is 0 Å². The molecule has 0 fully saturated rings. The van der Waals surface area contributed by atoms with Crippen molar-refractivity contribution in [3.63, 3.8) is 0 Å². The van der Waals surface area contributed by atoms with E-state index in [9.17, 15) is 4.79 Å². The average Bonchev–Trinajstić information content (AvgIpc) is 2.22. The summed E-state index contributed by atoms with van der Waals surface area (Å²) in [4.78, 5) is 11.8. The smallest absolute Gasteiger partial charge is 0.308 e. The molecule has 0 aliphatic rings. The lowest BCUT2D eigenvalue weighted by atomic mass is 9.99. The van der Waals surface area contributed by atoms with E-state index in [-0.39, 0.29) is 18.0 Å². The van der Waals surface area contributed by atoms with E-state index < -0.39 is 0 Å². The minimum Gasteiger partial charge on any atom is -0.462 e. The second-order valence-electron chi connectivity index (χ2n) is 6.09. The summed E-state index contributed by atoms with van der Waals surface area (Å²) in [6, 6.07) is 0. The van der Waals surface area contributed by atoms with Crippen LogP contribution in [0.2, 0.25) is 0 Å². The quantitative estimate of drug-likeness (QED) is 0.589. The Morgan fingerprint density at radius 3 is 1.76 bits per heavy atom. The summed E-state index contributed by atoms with van der Waals surface area (Å²) in [6.07, 6.45) is 4.19. The van der Waals surface area contributed by atoms with Gasteiger partial charge < -0.3 is 4.74 Å². The number of hydrogen-bond acceptors (Lipinski definition) is 2. The van der Waals surface area contributed by atoms with Crippen molar-refractivity contribution in [1.82, 2.24) is 0 Å². The third-order valence-corrected chi connectivity index (χ3v) is 3.05. The number of carbonyl (C=O) groups excluding carboxylic acids is 1. The monoisotopic (exact) mass is 242 g/mol. The molecule has 0 spiro atoms. The predicted molar refractivity (Wildman–Crippen MR) is 72.9 cm³/mol. The Balaban J connectivity index is 3.82. The predicted octanol–water partition coefficient (Wildman–Crippen LogP) is 4.43. The fourth-order valence-electron chi connectivity index (χ4n) is 1.64. The van der Waals surface area contributed by atoms with Crippen LogP contribution in [0.4, 0.5) is 0 Å². The Bertz CT molecular complexity index is 209. The van der Waals surface area contributed by atoms with Crippen LogP contribution in [0.25, 0.3) is 0 Å². The van der Waals surface area contributed by atoms with Crippen LogP contribution in [-0.4, -0.2) is 12.1 Å². The van der Waals surface area contributed by atoms with Crippen LogP contribution in [0.1, 0.15) is 67.2 Å². The molecule has 0 aromatic carbocycles. The minimum absolute atomic E-state index is 0.0260. The van der Waals surface area contributed by atoms with E-state index in [1.165, 1.54) is 0 Å². The lowest BCUT2D eigenvalue weighted by Crippen LogP contribution is -2.21. The zero-order valence-corrected chi connectivity index (χ0v) is 12.5. The van der Waals surface area contributed by atoms with E-state index in [2.05, 4.69) is 27.7 Å². The molecule has 0 N–H and O–H groups in total. The molecule has 0 aromatic heterocycles. The second-order valence-corrected chi connectivity index (χ2v) is 6.09. The first kappa shape index (κ1) is 16.5. The van der Waals surface area contributed by atoms with Gasteiger partial charge in [-0.2, -0.15) is 0 Å². The Labute approximate surface area is 107 Å². The number of rotatable bonds is 8. The summed E-state index contributed by atoms with van der Waals surface area (Å²) in [5, 5.41) is 0. The van der Waals surface area contributed by atoms with Crippen molar-refractivity contribution >= 4 is 5.97 Å². The van der Waals surface area contributed by atoms with Gasteiger partial charge in [0.25, 0.3) is 0 Å². The van der Waals surface area contributed by atoms with Crippen LogP contribution in [0.15, 0.2) is 0 Å². The highest BCUT2D eigenvalue weighted by Crippen LogP contribution is 2.16. The topological polar surface area (TPSA) is 26.3 Å². The van der Waals surface area contributed by atoms with Crippen LogP contribution >= 0.6 is 0 Å². The van der Waals surface area contributed by atoms with Crippen molar-refractivity contribution in [1.29, 1.82) is 0 Å². The van der Waals surface area contributed by atoms with Gasteiger partial charge in [-0.15, -0.1) is 0 Å². The van der Waals surface area contributed by atoms with Crippen molar-refractivity contribution < 1.29 is 9.53 Å². The normalized spacial score (nSPS) is 15.1. The van der Waals surface area contributed by atoms with Crippen LogP contribution in [0.3, 0.4) is 0 Å². The van der Waals surface area contributed by atoms with Crippen LogP contribution in [-0.2, 0) is 9.53 Å². The van der Waals surface area contributed by atoms with E-state index in [1.54, 1.807) is 0 Å². The van der Waals surface area contributed by atoms with Crippen molar-refractivity contribution in [2.45, 2.75) is 73.3 Å². The maximum absolute atomic E-state index is 11.8. The molecule has 0 radical (unpaired) electrons. The molecule has 0 aromatic rings. The Morgan fingerprint density at radius 1 is 0.824 bits per heavy atom. The Hall–Kier alpha value is -0.530. The van der Waals surface area contributed by atoms with Crippen LogP contribution in [0.5, 0.6) is 0 Å². The molecule has 17 heavy (non-hydrogen) atoms. The molecule has 0 aliphatic heterocycles. The van der Waals surface area contributed by atoms with Gasteiger partial charge in [0, 0.05) is 0 Å². The van der Waals surface area contributed by atoms with Gasteiger partial charge in [-0.25, -0.2) is 0 Å². The summed E-state index contributed by atoms with van der Waals surface area (Å²) < 4.78 is 5.46. The highest BCUT2D eigenvalue weighted by Gasteiger charge is 2.17. The molecule has 0 rings (SSSR count). The van der Waals surface area contributed by atoms with Gasteiger partial charge in [-0.3, -0.25) is 4.79 Å². The van der Waals surface area contributed by atoms with Gasteiger partial charge in [-0.1, -0.05) is 41.0 Å². The summed E-state index contributed by atoms with van der Waals surface area (Å²) in [5.74, 6) is 1.35. The maximum Gasteiger partial charge on any atom is 0.308 e. The van der Waals surface area contributed by atoms with Crippen molar-refractivity contribution in [3.8, 4) is 0 Å². The van der Waals surface area contributed by atoms with Gasteiger partial charge in [0.2, 0.25) is 0 Å².